The Balaban J connectivity index is 1.66. The molecular weight excluding hydrogens is 340 g/mol. The molecule has 126 valence electrons. The monoisotopic (exact) mass is 354 g/mol. The van der Waals surface area contributed by atoms with Gasteiger partial charge < -0.3 is 0 Å². The number of nitrogens with zero attached hydrogens (tertiary/aromatic N) is 4. The Morgan fingerprint density at radius 1 is 0.960 bits per heavy atom. The highest BCUT2D eigenvalue weighted by atomic mass is 35.5. The van der Waals surface area contributed by atoms with Crippen LogP contribution >= 0.6 is 11.6 Å². The normalized spacial score (nSPS) is 22.0. The highest BCUT2D eigenvalue weighted by molar-refractivity contribution is 6.30. The van der Waals surface area contributed by atoms with Gasteiger partial charge in [-0.1, -0.05) is 35.9 Å². The molecule has 25 heavy (non-hydrogen) atoms. The number of carbonyl (C=O) groups is 2. The average Bonchev–Trinajstić information content (AvgIpc) is 3.17. The Morgan fingerprint density at radius 2 is 1.60 bits per heavy atom. The Bertz CT molecular complexity index is 864. The predicted molar refractivity (Wildman–Crippen MR) is 94.7 cm³/mol. The second-order valence-corrected chi connectivity index (χ2v) is 6.38. The van der Waals surface area contributed by atoms with Crippen LogP contribution in [0.3, 0.4) is 0 Å². The number of halogens is 1. The van der Waals surface area contributed by atoms with Gasteiger partial charge in [-0.15, -0.1) is 0 Å². The van der Waals surface area contributed by atoms with Crippen LogP contribution < -0.4 is 9.91 Å². The molecule has 2 atom stereocenters. The third-order valence-corrected chi connectivity index (χ3v) is 4.73. The number of benzene rings is 2. The van der Waals surface area contributed by atoms with Crippen molar-refractivity contribution in [2.75, 3.05) is 9.91 Å². The number of carbonyl (C=O) groups excluding carboxylic acids is 2. The van der Waals surface area contributed by atoms with Gasteiger partial charge in [0.1, 0.15) is 0 Å². The summed E-state index contributed by atoms with van der Waals surface area (Å²) in [5.41, 5.74) is 2.38. The highest BCUT2D eigenvalue weighted by Gasteiger charge is 2.55. The van der Waals surface area contributed by atoms with Crippen LogP contribution in [-0.2, 0) is 16.0 Å². The van der Waals surface area contributed by atoms with E-state index in [4.69, 9.17) is 11.6 Å². The number of amides is 2. The minimum absolute atomic E-state index is 0.320. The molecule has 2 aliphatic heterocycles. The zero-order chi connectivity index (χ0) is 17.6. The molecule has 2 aliphatic rings. The van der Waals surface area contributed by atoms with Crippen LogP contribution in [0.15, 0.2) is 58.9 Å². The number of fused-ring (bicyclic) bond motifs is 1. The summed E-state index contributed by atoms with van der Waals surface area (Å²) in [7, 11) is 0. The van der Waals surface area contributed by atoms with E-state index in [2.05, 4.69) is 17.3 Å². The average molecular weight is 355 g/mol. The molecule has 2 amide bonds. The summed E-state index contributed by atoms with van der Waals surface area (Å²) in [6.45, 7) is 2.05. The van der Waals surface area contributed by atoms with Crippen molar-refractivity contribution in [2.24, 2.45) is 10.3 Å². The van der Waals surface area contributed by atoms with Crippen LogP contribution in [-0.4, -0.2) is 23.9 Å². The zero-order valence-corrected chi connectivity index (χ0v) is 14.2. The van der Waals surface area contributed by atoms with E-state index in [0.29, 0.717) is 16.4 Å². The Morgan fingerprint density at radius 3 is 2.24 bits per heavy atom. The molecule has 0 bridgehead atoms. The fraction of sp³-hybridized carbons (Fsp3) is 0.222. The molecule has 0 spiro atoms. The van der Waals surface area contributed by atoms with Crippen LogP contribution in [0.25, 0.3) is 0 Å². The summed E-state index contributed by atoms with van der Waals surface area (Å²) in [4.78, 5) is 26.8. The van der Waals surface area contributed by atoms with E-state index in [1.54, 1.807) is 36.4 Å². The van der Waals surface area contributed by atoms with Gasteiger partial charge in [0.05, 0.1) is 11.4 Å². The van der Waals surface area contributed by atoms with Crippen LogP contribution in [0, 0.1) is 0 Å². The quantitative estimate of drug-likeness (QED) is 0.793. The van der Waals surface area contributed by atoms with Crippen LogP contribution in [0.5, 0.6) is 0 Å². The Labute approximate surface area is 149 Å². The van der Waals surface area contributed by atoms with Gasteiger partial charge in [-0.25, -0.2) is 9.91 Å². The molecule has 0 N–H and O–H groups in total. The van der Waals surface area contributed by atoms with Gasteiger partial charge in [0.25, 0.3) is 11.8 Å². The molecule has 1 fully saturated rings. The van der Waals surface area contributed by atoms with Crippen LogP contribution in [0.1, 0.15) is 12.5 Å². The fourth-order valence-electron chi connectivity index (χ4n) is 3.10. The van der Waals surface area contributed by atoms with Crippen molar-refractivity contribution >= 4 is 34.8 Å². The molecule has 4 rings (SSSR count). The molecule has 2 heterocycles. The van der Waals surface area contributed by atoms with Crippen molar-refractivity contribution in [3.63, 3.8) is 0 Å². The second kappa shape index (κ2) is 5.97. The summed E-state index contributed by atoms with van der Waals surface area (Å²) in [6.07, 6.45) is 0.895. The van der Waals surface area contributed by atoms with E-state index >= 15 is 0 Å². The first-order valence-electron chi connectivity index (χ1n) is 8.02. The van der Waals surface area contributed by atoms with Gasteiger partial charge in [-0.05, 0) is 48.4 Å². The highest BCUT2D eigenvalue weighted by Crippen LogP contribution is 2.35. The van der Waals surface area contributed by atoms with Crippen molar-refractivity contribution in [3.8, 4) is 0 Å². The lowest BCUT2D eigenvalue weighted by atomic mass is 10.1. The number of rotatable bonds is 3. The molecule has 0 aliphatic carbocycles. The lowest BCUT2D eigenvalue weighted by Crippen LogP contribution is -2.39. The summed E-state index contributed by atoms with van der Waals surface area (Å²) < 4.78 is 0. The molecular formula is C18H15ClN4O2. The molecule has 2 aromatic rings. The number of imide groups is 1. The molecule has 0 unspecified atom stereocenters. The van der Waals surface area contributed by atoms with Gasteiger partial charge in [0.2, 0.25) is 0 Å². The molecule has 0 aromatic heterocycles. The van der Waals surface area contributed by atoms with E-state index < -0.39 is 12.1 Å². The van der Waals surface area contributed by atoms with Crippen molar-refractivity contribution < 1.29 is 9.59 Å². The van der Waals surface area contributed by atoms with E-state index in [0.717, 1.165) is 12.0 Å². The lowest BCUT2D eigenvalue weighted by molar-refractivity contribution is -0.121. The van der Waals surface area contributed by atoms with Crippen LogP contribution in [0.2, 0.25) is 5.02 Å². The third kappa shape index (κ3) is 2.49. The SMILES string of the molecule is CCc1ccc(N2C(=O)[C@H]3N=NN(c4ccc(Cl)cc4)[C@@H]3C2=O)cc1. The summed E-state index contributed by atoms with van der Waals surface area (Å²) in [6, 6.07) is 12.8. The molecule has 7 heteroatoms. The third-order valence-electron chi connectivity index (χ3n) is 4.48. The van der Waals surface area contributed by atoms with Gasteiger partial charge in [-0.2, -0.15) is 5.11 Å². The van der Waals surface area contributed by atoms with Crippen molar-refractivity contribution in [3.05, 3.63) is 59.1 Å². The Kier molecular flexibility index (Phi) is 3.77. The summed E-state index contributed by atoms with van der Waals surface area (Å²) >= 11 is 5.91. The topological polar surface area (TPSA) is 65.3 Å². The molecule has 1 saturated heterocycles. The summed E-state index contributed by atoms with van der Waals surface area (Å²) in [5, 5.41) is 10.1. The van der Waals surface area contributed by atoms with E-state index in [-0.39, 0.29) is 11.8 Å². The minimum atomic E-state index is -0.811. The molecule has 6 nitrogen and oxygen atoms in total. The fourth-order valence-corrected chi connectivity index (χ4v) is 3.23. The molecule has 2 aromatic carbocycles. The van der Waals surface area contributed by atoms with E-state index in [1.807, 2.05) is 12.1 Å². The number of hydrogen-bond donors (Lipinski definition) is 0. The zero-order valence-electron chi connectivity index (χ0n) is 13.5. The maximum Gasteiger partial charge on any atom is 0.263 e. The summed E-state index contributed by atoms with van der Waals surface area (Å²) in [5.74, 6) is -0.668. The van der Waals surface area contributed by atoms with E-state index in [9.17, 15) is 9.59 Å². The first-order valence-corrected chi connectivity index (χ1v) is 8.40. The largest absolute Gasteiger partial charge is 0.271 e. The van der Waals surface area contributed by atoms with Crippen molar-refractivity contribution in [1.29, 1.82) is 0 Å². The first kappa shape index (κ1) is 15.8. The number of anilines is 2. The number of aryl methyl sites for hydroxylation is 1. The smallest absolute Gasteiger partial charge is 0.263 e. The lowest BCUT2D eigenvalue weighted by Gasteiger charge is -2.20. The second-order valence-electron chi connectivity index (χ2n) is 5.95. The van der Waals surface area contributed by atoms with Gasteiger partial charge in [0, 0.05) is 5.02 Å². The first-order chi connectivity index (χ1) is 12.1. The van der Waals surface area contributed by atoms with Gasteiger partial charge in [0.15, 0.2) is 12.1 Å². The van der Waals surface area contributed by atoms with Crippen LogP contribution in [0.4, 0.5) is 11.4 Å². The van der Waals surface area contributed by atoms with E-state index in [1.165, 1.54) is 9.91 Å². The maximum absolute atomic E-state index is 12.9. The number of hydrogen-bond acceptors (Lipinski definition) is 5. The van der Waals surface area contributed by atoms with Crippen molar-refractivity contribution in [1.82, 2.24) is 0 Å². The molecule has 0 radical (unpaired) electrons. The van der Waals surface area contributed by atoms with Gasteiger partial charge >= 0.3 is 0 Å². The predicted octanol–water partition coefficient (Wildman–Crippen LogP) is 3.40. The van der Waals surface area contributed by atoms with Crippen molar-refractivity contribution in [2.45, 2.75) is 25.4 Å². The standard InChI is InChI=1S/C18H15ClN4O2/c1-2-11-3-7-13(8-4-11)22-17(24)15-16(18(22)25)23(21-20-15)14-9-5-12(19)6-10-14/h3-10,15-16H,2H2,1H3/t15-,16-/m0/s1. The minimum Gasteiger partial charge on any atom is -0.271 e. The maximum atomic E-state index is 12.9. The van der Waals surface area contributed by atoms with Gasteiger partial charge in [-0.3, -0.25) is 9.59 Å². The molecule has 0 saturated carbocycles. The Hall–Kier alpha value is -2.73.